The molecule has 0 fully saturated rings. The van der Waals surface area contributed by atoms with E-state index in [1.165, 1.54) is 12.1 Å². The van der Waals surface area contributed by atoms with Crippen molar-refractivity contribution < 1.29 is 4.92 Å². The third-order valence-electron chi connectivity index (χ3n) is 3.10. The molecule has 0 unspecified atom stereocenters. The number of nitro groups is 1. The van der Waals surface area contributed by atoms with E-state index in [9.17, 15) is 10.1 Å². The van der Waals surface area contributed by atoms with Crippen molar-refractivity contribution in [2.45, 2.75) is 33.1 Å². The lowest BCUT2D eigenvalue weighted by Crippen LogP contribution is -2.19. The number of hydrogen-bond acceptors (Lipinski definition) is 5. The Bertz CT molecular complexity index is 718. The van der Waals surface area contributed by atoms with Crippen molar-refractivity contribution in [3.05, 3.63) is 38.5 Å². The van der Waals surface area contributed by atoms with Gasteiger partial charge in [0.05, 0.1) is 16.3 Å². The third kappa shape index (κ3) is 2.69. The number of rotatable bonds is 2. The topological polar surface area (TPSA) is 99.9 Å². The number of aryl methyl sites for hydroxylation is 1. The largest absolute Gasteiger partial charge is 0.381 e. The lowest BCUT2D eigenvalue weighted by Gasteiger charge is -2.21. The Labute approximate surface area is 126 Å². The first-order chi connectivity index (χ1) is 9.62. The molecular weight excluding hydrogens is 294 g/mol. The number of anilines is 1. The van der Waals surface area contributed by atoms with Gasteiger partial charge in [0.1, 0.15) is 5.02 Å². The second kappa shape index (κ2) is 5.00. The average molecular weight is 310 g/mol. The Kier molecular flexibility index (Phi) is 3.63. The fourth-order valence-corrected chi connectivity index (χ4v) is 2.41. The number of nitrogens with zero attached hydrogens (tertiary/aromatic N) is 4. The normalized spacial score (nSPS) is 11.7. The molecule has 112 valence electrons. The van der Waals surface area contributed by atoms with Crippen LogP contribution in [0.2, 0.25) is 5.02 Å². The van der Waals surface area contributed by atoms with E-state index in [0.29, 0.717) is 17.1 Å². The van der Waals surface area contributed by atoms with Gasteiger partial charge in [0.25, 0.3) is 5.69 Å². The van der Waals surface area contributed by atoms with E-state index in [4.69, 9.17) is 17.3 Å². The van der Waals surface area contributed by atoms with Gasteiger partial charge in [-0.2, -0.15) is 0 Å². The lowest BCUT2D eigenvalue weighted by atomic mass is 9.91. The second-order valence-corrected chi connectivity index (χ2v) is 6.24. The van der Waals surface area contributed by atoms with Gasteiger partial charge in [0.2, 0.25) is 0 Å². The van der Waals surface area contributed by atoms with Crippen LogP contribution in [0.5, 0.6) is 0 Å². The molecule has 2 rings (SSSR count). The maximum Gasteiger partial charge on any atom is 0.288 e. The van der Waals surface area contributed by atoms with Crippen LogP contribution in [0.25, 0.3) is 5.69 Å². The average Bonchev–Trinajstić information content (AvgIpc) is 2.72. The van der Waals surface area contributed by atoms with E-state index < -0.39 is 4.92 Å². The van der Waals surface area contributed by atoms with Crippen molar-refractivity contribution in [3.63, 3.8) is 0 Å². The highest BCUT2D eigenvalue weighted by atomic mass is 35.5. The number of halogens is 1. The summed E-state index contributed by atoms with van der Waals surface area (Å²) in [5, 5.41) is 18.9. The first-order valence-electron chi connectivity index (χ1n) is 6.29. The third-order valence-corrected chi connectivity index (χ3v) is 3.40. The van der Waals surface area contributed by atoms with E-state index >= 15 is 0 Å². The molecule has 1 heterocycles. The summed E-state index contributed by atoms with van der Waals surface area (Å²) in [6.07, 6.45) is 0. The van der Waals surface area contributed by atoms with Crippen molar-refractivity contribution in [1.29, 1.82) is 0 Å². The standard InChI is InChI=1S/C13H16ClN5O2/c1-7-5-10(19(20)21)8(14)6-9(7)18-11(13(2,3)4)12(15)16-17-18/h5-6H,15H2,1-4H3. The molecule has 0 radical (unpaired) electrons. The highest BCUT2D eigenvalue weighted by molar-refractivity contribution is 6.32. The molecule has 0 atom stereocenters. The molecule has 1 aromatic carbocycles. The molecular formula is C13H16ClN5O2. The fourth-order valence-electron chi connectivity index (χ4n) is 2.19. The van der Waals surface area contributed by atoms with E-state index in [2.05, 4.69) is 10.3 Å². The molecule has 2 aromatic rings. The minimum atomic E-state index is -0.514. The molecule has 0 aliphatic heterocycles. The van der Waals surface area contributed by atoms with Crippen LogP contribution in [0.3, 0.4) is 0 Å². The van der Waals surface area contributed by atoms with E-state index in [1.54, 1.807) is 11.6 Å². The first kappa shape index (κ1) is 15.2. The van der Waals surface area contributed by atoms with Crippen molar-refractivity contribution in [2.75, 3.05) is 5.73 Å². The molecule has 0 aliphatic carbocycles. The van der Waals surface area contributed by atoms with Gasteiger partial charge in [-0.3, -0.25) is 10.1 Å². The lowest BCUT2D eigenvalue weighted by molar-refractivity contribution is -0.384. The van der Waals surface area contributed by atoms with Gasteiger partial charge in [-0.05, 0) is 18.6 Å². The monoisotopic (exact) mass is 309 g/mol. The van der Waals surface area contributed by atoms with Crippen LogP contribution in [-0.2, 0) is 5.41 Å². The summed E-state index contributed by atoms with van der Waals surface area (Å²) in [7, 11) is 0. The van der Waals surface area contributed by atoms with Crippen LogP contribution in [0.15, 0.2) is 12.1 Å². The number of nitrogen functional groups attached to an aromatic ring is 1. The first-order valence-corrected chi connectivity index (χ1v) is 6.67. The summed E-state index contributed by atoms with van der Waals surface area (Å²) in [6.45, 7) is 7.71. The van der Waals surface area contributed by atoms with Crippen molar-refractivity contribution in [1.82, 2.24) is 15.0 Å². The molecule has 0 amide bonds. The van der Waals surface area contributed by atoms with Crippen LogP contribution in [0.4, 0.5) is 11.5 Å². The highest BCUT2D eigenvalue weighted by Gasteiger charge is 2.26. The summed E-state index contributed by atoms with van der Waals surface area (Å²) in [5.41, 5.74) is 7.50. The molecule has 8 heteroatoms. The summed E-state index contributed by atoms with van der Waals surface area (Å²) < 4.78 is 1.58. The summed E-state index contributed by atoms with van der Waals surface area (Å²) >= 11 is 5.99. The van der Waals surface area contributed by atoms with E-state index in [1.807, 2.05) is 20.8 Å². The Morgan fingerprint density at radius 1 is 1.38 bits per heavy atom. The van der Waals surface area contributed by atoms with Crippen LogP contribution in [0, 0.1) is 17.0 Å². The second-order valence-electron chi connectivity index (χ2n) is 5.83. The Morgan fingerprint density at radius 2 is 2.00 bits per heavy atom. The van der Waals surface area contributed by atoms with Gasteiger partial charge in [0, 0.05) is 11.5 Å². The van der Waals surface area contributed by atoms with E-state index in [-0.39, 0.29) is 16.1 Å². The molecule has 2 N–H and O–H groups in total. The smallest absolute Gasteiger partial charge is 0.288 e. The zero-order valence-corrected chi connectivity index (χ0v) is 13.0. The number of nitrogens with two attached hydrogens (primary N) is 1. The van der Waals surface area contributed by atoms with Crippen molar-refractivity contribution in [2.24, 2.45) is 0 Å². The Morgan fingerprint density at radius 3 is 2.52 bits per heavy atom. The number of benzene rings is 1. The molecule has 0 saturated heterocycles. The maximum atomic E-state index is 10.9. The minimum Gasteiger partial charge on any atom is -0.381 e. The predicted octanol–water partition coefficient (Wildman–Crippen LogP) is 3.02. The van der Waals surface area contributed by atoms with Crippen molar-refractivity contribution >= 4 is 23.1 Å². The molecule has 0 aliphatic rings. The highest BCUT2D eigenvalue weighted by Crippen LogP contribution is 2.33. The summed E-state index contributed by atoms with van der Waals surface area (Å²) in [6, 6.07) is 2.93. The zero-order chi connectivity index (χ0) is 15.9. The Hall–Kier alpha value is -2.15. The zero-order valence-electron chi connectivity index (χ0n) is 12.2. The molecule has 0 bridgehead atoms. The van der Waals surface area contributed by atoms with Crippen LogP contribution in [0.1, 0.15) is 32.0 Å². The molecule has 1 aromatic heterocycles. The van der Waals surface area contributed by atoms with Gasteiger partial charge in [-0.25, -0.2) is 4.68 Å². The van der Waals surface area contributed by atoms with Gasteiger partial charge >= 0.3 is 0 Å². The van der Waals surface area contributed by atoms with Gasteiger partial charge in [-0.1, -0.05) is 37.6 Å². The number of aromatic nitrogens is 3. The molecule has 0 spiro atoms. The van der Waals surface area contributed by atoms with E-state index in [0.717, 1.165) is 5.69 Å². The maximum absolute atomic E-state index is 10.9. The summed E-state index contributed by atoms with van der Waals surface area (Å²) in [5.74, 6) is 0.330. The Balaban J connectivity index is 2.70. The van der Waals surface area contributed by atoms with Gasteiger partial charge in [-0.15, -0.1) is 5.10 Å². The molecule has 21 heavy (non-hydrogen) atoms. The van der Waals surface area contributed by atoms with Crippen molar-refractivity contribution in [3.8, 4) is 5.69 Å². The predicted molar refractivity (Wildman–Crippen MR) is 80.9 cm³/mol. The molecule has 0 saturated carbocycles. The molecule has 7 nitrogen and oxygen atoms in total. The summed E-state index contributed by atoms with van der Waals surface area (Å²) in [4.78, 5) is 10.4. The fraction of sp³-hybridized carbons (Fsp3) is 0.385. The van der Waals surface area contributed by atoms with Crippen LogP contribution in [-0.4, -0.2) is 19.9 Å². The SMILES string of the molecule is Cc1cc([N+](=O)[O-])c(Cl)cc1-n1nnc(N)c1C(C)(C)C. The van der Waals surface area contributed by atoms with Gasteiger partial charge < -0.3 is 5.73 Å². The van der Waals surface area contributed by atoms with Gasteiger partial charge in [0.15, 0.2) is 5.82 Å². The minimum absolute atomic E-state index is 0.0505. The number of hydrogen-bond donors (Lipinski definition) is 1. The number of nitro benzene ring substituents is 1. The van der Waals surface area contributed by atoms with Crippen LogP contribution >= 0.6 is 11.6 Å². The quantitative estimate of drug-likeness (QED) is 0.679. The van der Waals surface area contributed by atoms with Crippen LogP contribution < -0.4 is 5.73 Å².